The number of hydrogen-bond donors (Lipinski definition) is 1. The first-order chi connectivity index (χ1) is 16.0. The second-order valence-electron chi connectivity index (χ2n) is 8.52. The van der Waals surface area contributed by atoms with Gasteiger partial charge in [0.1, 0.15) is 17.1 Å². The normalized spacial score (nSPS) is 12.3. The predicted octanol–water partition coefficient (Wildman–Crippen LogP) is 5.27. The molecule has 0 unspecified atom stereocenters. The Hall–Kier alpha value is -3.46. The van der Waals surface area contributed by atoms with Crippen LogP contribution in [0.2, 0.25) is 0 Å². The molecule has 0 aliphatic rings. The van der Waals surface area contributed by atoms with E-state index in [0.29, 0.717) is 27.6 Å². The van der Waals surface area contributed by atoms with Crippen LogP contribution in [0.3, 0.4) is 0 Å². The lowest BCUT2D eigenvalue weighted by molar-refractivity contribution is 0.438. The van der Waals surface area contributed by atoms with E-state index in [0.717, 1.165) is 12.1 Å². The zero-order chi connectivity index (χ0) is 24.8. The van der Waals surface area contributed by atoms with Crippen LogP contribution < -0.4 is 10.3 Å². The quantitative estimate of drug-likeness (QED) is 0.402. The summed E-state index contributed by atoms with van der Waals surface area (Å²) in [6.07, 6.45) is 3.25. The molecule has 0 atom stereocenters. The van der Waals surface area contributed by atoms with Crippen molar-refractivity contribution < 1.29 is 21.9 Å². The van der Waals surface area contributed by atoms with Crippen LogP contribution in [0.4, 0.5) is 8.78 Å². The molecule has 4 rings (SSSR count). The van der Waals surface area contributed by atoms with Crippen molar-refractivity contribution >= 4 is 20.7 Å². The molecule has 0 fully saturated rings. The molecule has 9 heteroatoms. The number of benzene rings is 2. The summed E-state index contributed by atoms with van der Waals surface area (Å²) in [7, 11) is -1.76. The molecule has 0 saturated carbocycles. The summed E-state index contributed by atoms with van der Waals surface area (Å²) in [5.41, 5.74) is 1.72. The summed E-state index contributed by atoms with van der Waals surface area (Å²) < 4.78 is 59.7. The zero-order valence-corrected chi connectivity index (χ0v) is 20.0. The van der Waals surface area contributed by atoms with Gasteiger partial charge in [-0.05, 0) is 49.7 Å². The maximum atomic E-state index is 14.4. The lowest BCUT2D eigenvalue weighted by Gasteiger charge is -2.26. The fourth-order valence-corrected chi connectivity index (χ4v) is 5.21. The molecule has 178 valence electrons. The number of halogens is 2. The van der Waals surface area contributed by atoms with Crippen molar-refractivity contribution in [1.29, 1.82) is 0 Å². The molecule has 0 radical (unpaired) electrons. The van der Waals surface area contributed by atoms with Gasteiger partial charge in [-0.25, -0.2) is 17.2 Å². The second-order valence-corrected chi connectivity index (χ2v) is 11.4. The van der Waals surface area contributed by atoms with Gasteiger partial charge in [0.2, 0.25) is 0 Å². The van der Waals surface area contributed by atoms with E-state index >= 15 is 0 Å². The van der Waals surface area contributed by atoms with Gasteiger partial charge in [-0.15, -0.1) is 0 Å². The number of hydrogen-bond acceptors (Lipinski definition) is 4. The number of sulfone groups is 1. The lowest BCUT2D eigenvalue weighted by Crippen LogP contribution is -2.30. The number of pyridine rings is 1. The van der Waals surface area contributed by atoms with Crippen LogP contribution in [0, 0.1) is 11.6 Å². The molecule has 0 amide bonds. The number of ether oxygens (including phenoxy) is 1. The number of nitrogens with zero attached hydrogens (tertiary/aromatic N) is 1. The smallest absolute Gasteiger partial charge is 0.272 e. The minimum atomic E-state index is -3.48. The van der Waals surface area contributed by atoms with Gasteiger partial charge < -0.3 is 14.3 Å². The number of aryl methyl sites for hydroxylation is 1. The molecule has 1 N–H and O–H groups in total. The number of rotatable bonds is 6. The average molecular weight is 487 g/mol. The third-order valence-corrected chi connectivity index (χ3v) is 8.69. The van der Waals surface area contributed by atoms with Crippen LogP contribution in [-0.4, -0.2) is 23.7 Å². The lowest BCUT2D eigenvalue weighted by atomic mass is 9.95. The largest absolute Gasteiger partial charge is 0.454 e. The number of fused-ring (bicyclic) bond motifs is 1. The van der Waals surface area contributed by atoms with Gasteiger partial charge >= 0.3 is 0 Å². The number of aromatic nitrogens is 2. The Bertz CT molecular complexity index is 1570. The Balaban J connectivity index is 1.99. The van der Waals surface area contributed by atoms with Crippen molar-refractivity contribution in [3.63, 3.8) is 0 Å². The topological polar surface area (TPSA) is 81.2 Å². The third-order valence-electron chi connectivity index (χ3n) is 6.14. The van der Waals surface area contributed by atoms with Crippen molar-refractivity contribution in [2.45, 2.75) is 25.5 Å². The Kier molecular flexibility index (Phi) is 5.85. The number of nitrogens with one attached hydrogen (secondary N) is 1. The highest BCUT2D eigenvalue weighted by Crippen LogP contribution is 2.42. The van der Waals surface area contributed by atoms with Crippen molar-refractivity contribution in [2.75, 3.05) is 5.75 Å². The molecule has 2 heterocycles. The van der Waals surface area contributed by atoms with Crippen LogP contribution in [0.15, 0.2) is 59.7 Å². The molecule has 4 aromatic rings. The summed E-state index contributed by atoms with van der Waals surface area (Å²) in [5, 5.41) is 0.615. The summed E-state index contributed by atoms with van der Waals surface area (Å²) in [6, 6.07) is 9.58. The standard InChI is InChI=1S/C25H24F2N2O4S/c1-5-34(31,32)25(2,3)15-6-8-21(33-22-9-7-16(26)13-20(22)27)18(12-15)19-14-29(4)23-17(19)10-11-28-24(23)30/h6-14H,5H2,1-4H3,(H,28,30). The monoisotopic (exact) mass is 486 g/mol. The molecule has 0 aliphatic carbocycles. The average Bonchev–Trinajstić information content (AvgIpc) is 3.13. The third kappa shape index (κ3) is 3.90. The van der Waals surface area contributed by atoms with E-state index in [1.807, 2.05) is 0 Å². The molecule has 0 saturated heterocycles. The molecular weight excluding hydrogens is 462 g/mol. The minimum Gasteiger partial charge on any atom is -0.454 e. The summed E-state index contributed by atoms with van der Waals surface area (Å²) >= 11 is 0. The fraction of sp³-hybridized carbons (Fsp3) is 0.240. The second kappa shape index (κ2) is 8.39. The highest BCUT2D eigenvalue weighted by Gasteiger charge is 2.35. The summed E-state index contributed by atoms with van der Waals surface area (Å²) in [5.74, 6) is -1.61. The van der Waals surface area contributed by atoms with Crippen LogP contribution in [0.1, 0.15) is 26.3 Å². The van der Waals surface area contributed by atoms with E-state index < -0.39 is 26.2 Å². The SMILES string of the molecule is CCS(=O)(=O)C(C)(C)c1ccc(Oc2ccc(F)cc2F)c(-c2cn(C)c3c(=O)[nH]ccc23)c1. The molecular formula is C25H24F2N2O4S. The summed E-state index contributed by atoms with van der Waals surface area (Å²) in [6.45, 7) is 4.83. The summed E-state index contributed by atoms with van der Waals surface area (Å²) in [4.78, 5) is 15.1. The van der Waals surface area contributed by atoms with Gasteiger partial charge in [-0.1, -0.05) is 13.0 Å². The number of aromatic amines is 1. The Morgan fingerprint density at radius 3 is 2.41 bits per heavy atom. The Labute approximate surface area is 195 Å². The van der Waals surface area contributed by atoms with E-state index in [2.05, 4.69) is 4.98 Å². The van der Waals surface area contributed by atoms with E-state index in [1.165, 1.54) is 12.3 Å². The van der Waals surface area contributed by atoms with E-state index in [-0.39, 0.29) is 22.8 Å². The highest BCUT2D eigenvalue weighted by atomic mass is 32.2. The van der Waals surface area contributed by atoms with Gasteiger partial charge in [0.05, 0.1) is 4.75 Å². The highest BCUT2D eigenvalue weighted by molar-refractivity contribution is 7.92. The van der Waals surface area contributed by atoms with Gasteiger partial charge in [0.25, 0.3) is 5.56 Å². The Morgan fingerprint density at radius 1 is 1.03 bits per heavy atom. The van der Waals surface area contributed by atoms with Crippen LogP contribution in [0.5, 0.6) is 11.5 Å². The predicted molar refractivity (Wildman–Crippen MR) is 128 cm³/mol. The number of H-pyrrole nitrogens is 1. The van der Waals surface area contributed by atoms with Gasteiger partial charge in [0.15, 0.2) is 21.4 Å². The first kappa shape index (κ1) is 23.7. The van der Waals surface area contributed by atoms with E-state index in [1.54, 1.807) is 62.8 Å². The molecule has 2 aromatic heterocycles. The van der Waals surface area contributed by atoms with Crippen LogP contribution in [0.25, 0.3) is 22.0 Å². The minimum absolute atomic E-state index is 0.0436. The van der Waals surface area contributed by atoms with Crippen molar-refractivity contribution in [3.8, 4) is 22.6 Å². The van der Waals surface area contributed by atoms with E-state index in [9.17, 15) is 22.0 Å². The molecule has 0 bridgehead atoms. The maximum absolute atomic E-state index is 14.4. The van der Waals surface area contributed by atoms with Gasteiger partial charge in [0, 0.05) is 47.8 Å². The van der Waals surface area contributed by atoms with Crippen LogP contribution in [-0.2, 0) is 21.6 Å². The molecule has 34 heavy (non-hydrogen) atoms. The molecule has 0 aliphatic heterocycles. The molecule has 2 aromatic carbocycles. The van der Waals surface area contributed by atoms with Crippen molar-refractivity contribution in [1.82, 2.24) is 9.55 Å². The van der Waals surface area contributed by atoms with Gasteiger partial charge in [-0.2, -0.15) is 0 Å². The van der Waals surface area contributed by atoms with Gasteiger partial charge in [-0.3, -0.25) is 4.79 Å². The van der Waals surface area contributed by atoms with Crippen molar-refractivity contribution in [3.05, 3.63) is 82.4 Å². The Morgan fingerprint density at radius 2 is 1.74 bits per heavy atom. The first-order valence-corrected chi connectivity index (χ1v) is 12.3. The van der Waals surface area contributed by atoms with Crippen LogP contribution >= 0.6 is 0 Å². The molecule has 0 spiro atoms. The molecule has 6 nitrogen and oxygen atoms in total. The van der Waals surface area contributed by atoms with Crippen molar-refractivity contribution in [2.24, 2.45) is 7.05 Å². The maximum Gasteiger partial charge on any atom is 0.272 e. The first-order valence-electron chi connectivity index (χ1n) is 10.6. The van der Waals surface area contributed by atoms with E-state index in [4.69, 9.17) is 4.74 Å². The fourth-order valence-electron chi connectivity index (χ4n) is 4.00. The zero-order valence-electron chi connectivity index (χ0n) is 19.1.